The predicted octanol–water partition coefficient (Wildman–Crippen LogP) is 3.06. The number of anilines is 1. The van der Waals surface area contributed by atoms with Crippen LogP contribution in [0, 0.1) is 0 Å². The highest BCUT2D eigenvalue weighted by Crippen LogP contribution is 2.35. The number of benzene rings is 3. The second kappa shape index (κ2) is 12.3. The van der Waals surface area contributed by atoms with Crippen LogP contribution in [0.5, 0.6) is 11.5 Å². The number of carbonyl (C=O) groups excluding carboxylic acids is 2. The van der Waals surface area contributed by atoms with Crippen molar-refractivity contribution >= 4 is 27.5 Å². The van der Waals surface area contributed by atoms with Crippen molar-refractivity contribution in [2.24, 2.45) is 0 Å². The lowest BCUT2D eigenvalue weighted by Crippen LogP contribution is -2.50. The number of hydrogen-bond acceptors (Lipinski definition) is 6. The van der Waals surface area contributed by atoms with Gasteiger partial charge in [0.25, 0.3) is 10.0 Å². The van der Waals surface area contributed by atoms with Crippen molar-refractivity contribution in [2.75, 3.05) is 32.1 Å². The molecule has 3 aromatic carbocycles. The van der Waals surface area contributed by atoms with Crippen LogP contribution in [0.15, 0.2) is 83.8 Å². The van der Waals surface area contributed by atoms with E-state index in [-0.39, 0.29) is 28.8 Å². The highest BCUT2D eigenvalue weighted by molar-refractivity contribution is 7.92. The maximum atomic E-state index is 13.9. The molecule has 0 saturated heterocycles. The number of methoxy groups -OCH3 is 2. The Morgan fingerprint density at radius 3 is 2.11 bits per heavy atom. The largest absolute Gasteiger partial charge is 0.497 e. The molecule has 1 N–H and O–H groups in total. The molecule has 0 fully saturated rings. The van der Waals surface area contributed by atoms with Gasteiger partial charge in [0.05, 0.1) is 24.8 Å². The van der Waals surface area contributed by atoms with Crippen LogP contribution in [0.3, 0.4) is 0 Å². The Balaban J connectivity index is 2.11. The third-order valence-corrected chi connectivity index (χ3v) is 7.65. The fraction of sp³-hybridized carbons (Fsp3) is 0.259. The molecule has 0 heterocycles. The van der Waals surface area contributed by atoms with Crippen molar-refractivity contribution in [3.05, 3.63) is 84.4 Å². The Kier molecular flexibility index (Phi) is 9.13. The molecule has 37 heavy (non-hydrogen) atoms. The lowest BCUT2D eigenvalue weighted by molar-refractivity contribution is -0.139. The standard InChI is InChI=1S/C27H31N3O6S/c1-20(27(32)28-2)29(18-21-11-7-5-8-12-21)26(31)19-30(37(33,34)23-13-9-6-10-14-23)24-17-22(35-3)15-16-25(24)36-4/h5-17,20H,18-19H2,1-4H3,(H,28,32)/t20-/m1/s1. The third-order valence-electron chi connectivity index (χ3n) is 5.87. The van der Waals surface area contributed by atoms with Gasteiger partial charge in [-0.25, -0.2) is 8.42 Å². The van der Waals surface area contributed by atoms with E-state index in [9.17, 15) is 18.0 Å². The zero-order valence-corrected chi connectivity index (χ0v) is 22.1. The van der Waals surface area contributed by atoms with Crippen LogP contribution in [-0.2, 0) is 26.2 Å². The van der Waals surface area contributed by atoms with Gasteiger partial charge >= 0.3 is 0 Å². The molecule has 0 aliphatic heterocycles. The van der Waals surface area contributed by atoms with Crippen LogP contribution in [0.25, 0.3) is 0 Å². The summed E-state index contributed by atoms with van der Waals surface area (Å²) in [5.41, 5.74) is 0.925. The smallest absolute Gasteiger partial charge is 0.264 e. The van der Waals surface area contributed by atoms with E-state index in [2.05, 4.69) is 5.32 Å². The van der Waals surface area contributed by atoms with Gasteiger partial charge in [0, 0.05) is 19.7 Å². The number of amides is 2. The van der Waals surface area contributed by atoms with Crippen LogP contribution < -0.4 is 19.1 Å². The summed E-state index contributed by atoms with van der Waals surface area (Å²) in [7, 11) is 0.139. The number of rotatable bonds is 11. The Labute approximate surface area is 217 Å². The quantitative estimate of drug-likeness (QED) is 0.413. The number of hydrogen-bond donors (Lipinski definition) is 1. The lowest BCUT2D eigenvalue weighted by Gasteiger charge is -2.32. The van der Waals surface area contributed by atoms with Crippen LogP contribution in [0.4, 0.5) is 5.69 Å². The average molecular weight is 526 g/mol. The van der Waals surface area contributed by atoms with Crippen molar-refractivity contribution in [3.63, 3.8) is 0 Å². The molecular weight excluding hydrogens is 494 g/mol. The molecule has 196 valence electrons. The molecule has 2 amide bonds. The van der Waals surface area contributed by atoms with Crippen molar-refractivity contribution < 1.29 is 27.5 Å². The minimum absolute atomic E-state index is 0.00151. The maximum Gasteiger partial charge on any atom is 0.264 e. The third kappa shape index (κ3) is 6.39. The highest BCUT2D eigenvalue weighted by Gasteiger charge is 2.33. The summed E-state index contributed by atoms with van der Waals surface area (Å²) in [4.78, 5) is 27.7. The minimum atomic E-state index is -4.21. The van der Waals surface area contributed by atoms with E-state index in [1.54, 1.807) is 37.3 Å². The first-order chi connectivity index (χ1) is 17.7. The zero-order valence-electron chi connectivity index (χ0n) is 21.2. The summed E-state index contributed by atoms with van der Waals surface area (Å²) in [5.74, 6) is -0.316. The summed E-state index contributed by atoms with van der Waals surface area (Å²) in [6.45, 7) is 1.14. The molecule has 0 aliphatic rings. The van der Waals surface area contributed by atoms with E-state index in [1.807, 2.05) is 30.3 Å². The number of nitrogens with one attached hydrogen (secondary N) is 1. The first kappa shape index (κ1) is 27.5. The van der Waals surface area contributed by atoms with Gasteiger partial charge in [0.15, 0.2) is 0 Å². The highest BCUT2D eigenvalue weighted by atomic mass is 32.2. The van der Waals surface area contributed by atoms with Crippen molar-refractivity contribution in [1.29, 1.82) is 0 Å². The molecule has 3 rings (SSSR count). The first-order valence-electron chi connectivity index (χ1n) is 11.6. The van der Waals surface area contributed by atoms with Crippen molar-refractivity contribution in [2.45, 2.75) is 24.4 Å². The minimum Gasteiger partial charge on any atom is -0.497 e. The molecule has 9 nitrogen and oxygen atoms in total. The Bertz CT molecular complexity index is 1320. The second-order valence-corrected chi connectivity index (χ2v) is 10.0. The molecule has 1 atom stereocenters. The maximum absolute atomic E-state index is 13.9. The van der Waals surface area contributed by atoms with E-state index < -0.39 is 28.5 Å². The summed E-state index contributed by atoms with van der Waals surface area (Å²) >= 11 is 0. The average Bonchev–Trinajstić information content (AvgIpc) is 2.94. The van der Waals surface area contributed by atoms with Gasteiger partial charge < -0.3 is 19.7 Å². The van der Waals surface area contributed by atoms with Gasteiger partial charge in [0.2, 0.25) is 11.8 Å². The van der Waals surface area contributed by atoms with Crippen LogP contribution in [0.2, 0.25) is 0 Å². The monoisotopic (exact) mass is 525 g/mol. The van der Waals surface area contributed by atoms with Crippen LogP contribution in [0.1, 0.15) is 12.5 Å². The number of carbonyl (C=O) groups is 2. The topological polar surface area (TPSA) is 105 Å². The molecule has 10 heteroatoms. The SMILES string of the molecule is CNC(=O)[C@@H](C)N(Cc1ccccc1)C(=O)CN(c1cc(OC)ccc1OC)S(=O)(=O)c1ccccc1. The van der Waals surface area contributed by atoms with Gasteiger partial charge in [-0.05, 0) is 36.8 Å². The van der Waals surface area contributed by atoms with E-state index in [4.69, 9.17) is 9.47 Å². The summed E-state index contributed by atoms with van der Waals surface area (Å²) in [6, 6.07) is 20.8. The molecule has 0 bridgehead atoms. The Hall–Kier alpha value is -4.05. The predicted molar refractivity (Wildman–Crippen MR) is 141 cm³/mol. The molecule has 0 unspecified atom stereocenters. The fourth-order valence-electron chi connectivity index (χ4n) is 3.80. The summed E-state index contributed by atoms with van der Waals surface area (Å²) < 4.78 is 39.5. The molecule has 0 saturated carbocycles. The van der Waals surface area contributed by atoms with Gasteiger partial charge in [-0.2, -0.15) is 0 Å². The van der Waals surface area contributed by atoms with Gasteiger partial charge in [0.1, 0.15) is 24.1 Å². The lowest BCUT2D eigenvalue weighted by atomic mass is 10.1. The van der Waals surface area contributed by atoms with E-state index in [0.29, 0.717) is 5.75 Å². The molecule has 0 radical (unpaired) electrons. The van der Waals surface area contributed by atoms with Crippen molar-refractivity contribution in [3.8, 4) is 11.5 Å². The molecule has 0 spiro atoms. The van der Waals surface area contributed by atoms with Gasteiger partial charge in [-0.15, -0.1) is 0 Å². The molecular formula is C27H31N3O6S. The zero-order chi connectivity index (χ0) is 27.0. The van der Waals surface area contributed by atoms with Crippen molar-refractivity contribution in [1.82, 2.24) is 10.2 Å². The van der Waals surface area contributed by atoms with Crippen LogP contribution in [-0.4, -0.2) is 59.0 Å². The number of likely N-dealkylation sites (N-methyl/N-ethyl adjacent to an activating group) is 1. The van der Waals surface area contributed by atoms with E-state index in [1.165, 1.54) is 44.4 Å². The normalized spacial score (nSPS) is 11.8. The summed E-state index contributed by atoms with van der Waals surface area (Å²) in [6.07, 6.45) is 0. The second-order valence-electron chi connectivity index (χ2n) is 8.16. The van der Waals surface area contributed by atoms with Crippen LogP contribution >= 0.6 is 0 Å². The summed E-state index contributed by atoms with van der Waals surface area (Å²) in [5, 5.41) is 2.56. The van der Waals surface area contributed by atoms with E-state index in [0.717, 1.165) is 9.87 Å². The first-order valence-corrected chi connectivity index (χ1v) is 13.0. The van der Waals surface area contributed by atoms with Gasteiger partial charge in [-0.3, -0.25) is 13.9 Å². The Morgan fingerprint density at radius 1 is 0.919 bits per heavy atom. The molecule has 0 aromatic heterocycles. The number of nitrogens with zero attached hydrogens (tertiary/aromatic N) is 2. The number of sulfonamides is 1. The number of ether oxygens (including phenoxy) is 2. The fourth-order valence-corrected chi connectivity index (χ4v) is 5.23. The molecule has 3 aromatic rings. The molecule has 0 aliphatic carbocycles. The Morgan fingerprint density at radius 2 is 1.54 bits per heavy atom. The van der Waals surface area contributed by atoms with Gasteiger partial charge in [-0.1, -0.05) is 48.5 Å². The van der Waals surface area contributed by atoms with E-state index >= 15 is 0 Å².